The van der Waals surface area contributed by atoms with Gasteiger partial charge in [0.05, 0.1) is 15.8 Å². The van der Waals surface area contributed by atoms with Crippen LogP contribution in [0.1, 0.15) is 51.4 Å². The van der Waals surface area contributed by atoms with Crippen LogP contribution in [0.4, 0.5) is 0 Å². The second kappa shape index (κ2) is 5.07. The fraction of sp³-hybridized carbons (Fsp3) is 0.929. The number of carbonyl (C=O) groups is 1. The van der Waals surface area contributed by atoms with Crippen LogP contribution in [-0.2, 0) is 14.5 Å². The second-order valence-corrected chi connectivity index (χ2v) is 9.27. The fourth-order valence-electron chi connectivity index (χ4n) is 3.91. The molecule has 1 amide bonds. The highest BCUT2D eigenvalue weighted by Crippen LogP contribution is 2.39. The normalized spacial score (nSPS) is 43.2. The van der Waals surface area contributed by atoms with Gasteiger partial charge < -0.3 is 10.4 Å². The zero-order valence-electron chi connectivity index (χ0n) is 12.0. The van der Waals surface area contributed by atoms with E-state index in [-0.39, 0.29) is 11.2 Å². The van der Waals surface area contributed by atoms with E-state index in [0.29, 0.717) is 12.5 Å². The standard InChI is InChI=1S/C14H24N2O3S/c1-20(19,12-4-2-3-11(17)9-12)16-13(18)14-7-5-10(15-14)6-8-14/h10-12,15,17H,2-9H2,1H3/t10?,11-,12+,14?,20?/m0/s1. The minimum atomic E-state index is -2.56. The molecule has 2 aliphatic heterocycles. The number of nitrogens with zero attached hydrogens (tertiary/aromatic N) is 1. The van der Waals surface area contributed by atoms with Crippen LogP contribution in [-0.4, -0.2) is 44.4 Å². The molecule has 6 heteroatoms. The average Bonchev–Trinajstić information content (AvgIpc) is 3.00. The highest BCUT2D eigenvalue weighted by Gasteiger charge is 2.50. The van der Waals surface area contributed by atoms with Crippen molar-refractivity contribution in [2.75, 3.05) is 6.26 Å². The van der Waals surface area contributed by atoms with Gasteiger partial charge in [-0.1, -0.05) is 0 Å². The third kappa shape index (κ3) is 2.53. The number of carbonyl (C=O) groups excluding carboxylic acids is 1. The first-order chi connectivity index (χ1) is 9.41. The van der Waals surface area contributed by atoms with E-state index in [2.05, 4.69) is 9.68 Å². The molecule has 20 heavy (non-hydrogen) atoms. The first kappa shape index (κ1) is 14.5. The number of hydrogen-bond donors (Lipinski definition) is 2. The lowest BCUT2D eigenvalue weighted by Gasteiger charge is -2.28. The van der Waals surface area contributed by atoms with E-state index in [1.807, 2.05) is 0 Å². The van der Waals surface area contributed by atoms with Gasteiger partial charge in [0.2, 0.25) is 0 Å². The number of rotatable bonds is 2. The quantitative estimate of drug-likeness (QED) is 0.803. The molecular formula is C14H24N2O3S. The Kier molecular flexibility index (Phi) is 3.67. The van der Waals surface area contributed by atoms with Crippen molar-refractivity contribution in [2.45, 2.75) is 74.3 Å². The molecule has 0 aromatic carbocycles. The molecule has 3 fully saturated rings. The van der Waals surface area contributed by atoms with Crippen molar-refractivity contribution in [3.05, 3.63) is 0 Å². The van der Waals surface area contributed by atoms with Crippen LogP contribution < -0.4 is 5.32 Å². The number of fused-ring (bicyclic) bond motifs is 2. The van der Waals surface area contributed by atoms with E-state index in [9.17, 15) is 14.1 Å². The summed E-state index contributed by atoms with van der Waals surface area (Å²) in [6.45, 7) is 0. The zero-order chi connectivity index (χ0) is 14.4. The van der Waals surface area contributed by atoms with Gasteiger partial charge in [-0.2, -0.15) is 4.36 Å². The molecular weight excluding hydrogens is 276 g/mol. The molecule has 0 aromatic heterocycles. The number of hydrogen-bond acceptors (Lipinski definition) is 4. The van der Waals surface area contributed by atoms with Gasteiger partial charge in [-0.3, -0.25) is 4.79 Å². The molecule has 0 spiro atoms. The van der Waals surface area contributed by atoms with Crippen molar-refractivity contribution >= 4 is 15.6 Å². The lowest BCUT2D eigenvalue weighted by atomic mass is 9.87. The van der Waals surface area contributed by atoms with Crippen LogP contribution in [0.3, 0.4) is 0 Å². The summed E-state index contributed by atoms with van der Waals surface area (Å²) < 4.78 is 16.9. The summed E-state index contributed by atoms with van der Waals surface area (Å²) in [5.74, 6) is -0.218. The van der Waals surface area contributed by atoms with Crippen molar-refractivity contribution in [1.29, 1.82) is 0 Å². The Morgan fingerprint density at radius 3 is 2.55 bits per heavy atom. The first-order valence-electron chi connectivity index (χ1n) is 7.62. The summed E-state index contributed by atoms with van der Waals surface area (Å²) in [5, 5.41) is 12.9. The van der Waals surface area contributed by atoms with Gasteiger partial charge in [-0.05, 0) is 51.4 Å². The molecule has 2 bridgehead atoms. The Morgan fingerprint density at radius 2 is 2.00 bits per heavy atom. The lowest BCUT2D eigenvalue weighted by molar-refractivity contribution is -0.123. The molecule has 1 saturated carbocycles. The van der Waals surface area contributed by atoms with E-state index in [1.165, 1.54) is 0 Å². The number of aliphatic hydroxyl groups excluding tert-OH is 1. The minimum Gasteiger partial charge on any atom is -0.393 e. The van der Waals surface area contributed by atoms with Crippen LogP contribution in [0, 0.1) is 0 Å². The molecule has 2 saturated heterocycles. The van der Waals surface area contributed by atoms with E-state index in [0.717, 1.165) is 44.9 Å². The van der Waals surface area contributed by atoms with Gasteiger partial charge in [-0.15, -0.1) is 0 Å². The first-order valence-corrected chi connectivity index (χ1v) is 9.61. The van der Waals surface area contributed by atoms with Gasteiger partial charge in [-0.25, -0.2) is 4.21 Å². The van der Waals surface area contributed by atoms with E-state index in [4.69, 9.17) is 0 Å². The summed E-state index contributed by atoms with van der Waals surface area (Å²) in [6.07, 6.45) is 7.83. The van der Waals surface area contributed by atoms with Gasteiger partial charge in [0, 0.05) is 17.5 Å². The minimum absolute atomic E-state index is 0.148. The highest BCUT2D eigenvalue weighted by atomic mass is 32.2. The fourth-order valence-corrected chi connectivity index (χ4v) is 5.75. The van der Waals surface area contributed by atoms with Crippen LogP contribution in [0.2, 0.25) is 0 Å². The van der Waals surface area contributed by atoms with E-state index >= 15 is 0 Å². The molecule has 5 nitrogen and oxygen atoms in total. The molecule has 1 unspecified atom stereocenters. The molecule has 3 rings (SSSR count). The van der Waals surface area contributed by atoms with Crippen molar-refractivity contribution < 1.29 is 14.1 Å². The lowest BCUT2D eigenvalue weighted by Crippen LogP contribution is -2.44. The zero-order valence-corrected chi connectivity index (χ0v) is 12.8. The summed E-state index contributed by atoms with van der Waals surface area (Å²) in [5.41, 5.74) is -0.531. The topological polar surface area (TPSA) is 78.8 Å². The predicted octanol–water partition coefficient (Wildman–Crippen LogP) is 1.20. The van der Waals surface area contributed by atoms with Gasteiger partial charge in [0.25, 0.3) is 5.91 Å². The third-order valence-corrected chi connectivity index (χ3v) is 7.40. The molecule has 0 radical (unpaired) electrons. The maximum absolute atomic E-state index is 12.8. The maximum Gasteiger partial charge on any atom is 0.274 e. The number of aliphatic hydroxyl groups is 1. The van der Waals surface area contributed by atoms with Crippen molar-refractivity contribution in [1.82, 2.24) is 5.32 Å². The van der Waals surface area contributed by atoms with Gasteiger partial charge >= 0.3 is 0 Å². The molecule has 3 atom stereocenters. The summed E-state index contributed by atoms with van der Waals surface area (Å²) >= 11 is 0. The Balaban J connectivity index is 1.79. The van der Waals surface area contributed by atoms with Crippen molar-refractivity contribution in [3.63, 3.8) is 0 Å². The van der Waals surface area contributed by atoms with Crippen LogP contribution in [0.25, 0.3) is 0 Å². The molecule has 3 aliphatic rings. The van der Waals surface area contributed by atoms with Crippen molar-refractivity contribution in [3.8, 4) is 0 Å². The number of amides is 1. The molecule has 1 aliphatic carbocycles. The number of nitrogens with one attached hydrogen (secondary N) is 1. The van der Waals surface area contributed by atoms with Gasteiger partial charge in [0.15, 0.2) is 0 Å². The Morgan fingerprint density at radius 1 is 1.30 bits per heavy atom. The third-order valence-electron chi connectivity index (χ3n) is 5.21. The monoisotopic (exact) mass is 300 g/mol. The summed E-state index contributed by atoms with van der Waals surface area (Å²) in [6, 6.07) is 0.443. The Labute approximate surface area is 120 Å². The average molecular weight is 300 g/mol. The SMILES string of the molecule is CS(=O)(=NC(=O)C12CCC(CC1)N2)[C@@H]1CCC[C@H](O)C1. The molecule has 2 N–H and O–H groups in total. The van der Waals surface area contributed by atoms with E-state index in [1.54, 1.807) is 6.26 Å². The molecule has 2 heterocycles. The van der Waals surface area contributed by atoms with Crippen LogP contribution in [0.15, 0.2) is 4.36 Å². The maximum atomic E-state index is 12.8. The molecule has 114 valence electrons. The van der Waals surface area contributed by atoms with Gasteiger partial charge in [0.1, 0.15) is 5.54 Å². The highest BCUT2D eigenvalue weighted by molar-refractivity contribution is 7.93. The summed E-state index contributed by atoms with van der Waals surface area (Å²) in [4.78, 5) is 12.5. The van der Waals surface area contributed by atoms with E-state index < -0.39 is 21.4 Å². The summed E-state index contributed by atoms with van der Waals surface area (Å²) in [7, 11) is -2.56. The van der Waals surface area contributed by atoms with Crippen LogP contribution >= 0.6 is 0 Å². The molecule has 0 aromatic rings. The largest absolute Gasteiger partial charge is 0.393 e. The second-order valence-electron chi connectivity index (χ2n) is 6.70. The Hall–Kier alpha value is -0.460. The van der Waals surface area contributed by atoms with Crippen molar-refractivity contribution in [2.24, 2.45) is 4.36 Å². The predicted molar refractivity (Wildman–Crippen MR) is 77.9 cm³/mol. The smallest absolute Gasteiger partial charge is 0.274 e. The van der Waals surface area contributed by atoms with Crippen LogP contribution in [0.5, 0.6) is 0 Å². The Bertz CT molecular complexity index is 517.